The van der Waals surface area contributed by atoms with Crippen LogP contribution < -0.4 is 4.74 Å². The Balaban J connectivity index is 1.72. The van der Waals surface area contributed by atoms with Crippen LogP contribution in [0.5, 0.6) is 23.0 Å². The Hall–Kier alpha value is -2.93. The fourth-order valence-electron chi connectivity index (χ4n) is 3.77. The first-order valence-corrected chi connectivity index (χ1v) is 9.73. The number of Topliss-reactive ketones (excluding diaryl/α,β-unsaturated/α-hetero) is 1. The van der Waals surface area contributed by atoms with E-state index in [1.807, 2.05) is 0 Å². The van der Waals surface area contributed by atoms with Gasteiger partial charge in [0.25, 0.3) is 0 Å². The number of hydrogen-bond acceptors (Lipinski definition) is 11. The summed E-state index contributed by atoms with van der Waals surface area (Å²) >= 11 is 0. The molecule has 1 saturated heterocycles. The van der Waals surface area contributed by atoms with Gasteiger partial charge in [-0.1, -0.05) is 12.1 Å². The lowest BCUT2D eigenvalue weighted by Crippen LogP contribution is -2.60. The lowest BCUT2D eigenvalue weighted by atomic mass is 9.92. The van der Waals surface area contributed by atoms with Crippen molar-refractivity contribution >= 4 is 5.78 Å². The van der Waals surface area contributed by atoms with E-state index in [4.69, 9.17) is 14.2 Å². The zero-order valence-electron chi connectivity index (χ0n) is 16.5. The number of ketones is 1. The first kappa shape index (κ1) is 22.3. The van der Waals surface area contributed by atoms with Crippen molar-refractivity contribution in [1.29, 1.82) is 0 Å². The van der Waals surface area contributed by atoms with Gasteiger partial charge in [0.1, 0.15) is 53.0 Å². The maximum Gasteiger partial charge on any atom is 0.203 e. The molecule has 0 radical (unpaired) electrons. The predicted molar refractivity (Wildman–Crippen MR) is 104 cm³/mol. The number of carbonyl (C=O) groups excluding carboxylic acids is 1. The Kier molecular flexibility index (Phi) is 5.95. The summed E-state index contributed by atoms with van der Waals surface area (Å²) in [6.07, 6.45) is -10.7. The summed E-state index contributed by atoms with van der Waals surface area (Å²) < 4.78 is 16.9. The predicted octanol–water partition coefficient (Wildman–Crippen LogP) is -0.695. The topological polar surface area (TPSA) is 186 Å². The van der Waals surface area contributed by atoms with Gasteiger partial charge in [0.2, 0.25) is 5.78 Å². The minimum atomic E-state index is -1.77. The third kappa shape index (κ3) is 3.86. The number of benzene rings is 2. The number of aliphatic hydroxyl groups excluding tert-OH is 4. The standard InChI is InChI=1S/C21H22O11/c22-7-13-15(26)17(28)18(29)21(31-13)32-20-16(27)14-11(25)5-10(24)6-12(14)30-19(20)8-1-3-9(23)4-2-8/h1-6,13,15,17-26,28-29H,7H2/t13-,15-,17+,18-,19+,20-,21-/m1/s1. The van der Waals surface area contributed by atoms with Crippen molar-refractivity contribution in [2.45, 2.75) is 42.9 Å². The van der Waals surface area contributed by atoms with Crippen LogP contribution in [0.15, 0.2) is 36.4 Å². The molecule has 2 aromatic carbocycles. The largest absolute Gasteiger partial charge is 0.508 e. The van der Waals surface area contributed by atoms with Crippen LogP contribution in [0.1, 0.15) is 22.0 Å². The van der Waals surface area contributed by atoms with Crippen LogP contribution in [0, 0.1) is 0 Å². The van der Waals surface area contributed by atoms with Gasteiger partial charge >= 0.3 is 0 Å². The summed E-state index contributed by atoms with van der Waals surface area (Å²) in [6.45, 7) is -0.690. The number of phenols is 3. The van der Waals surface area contributed by atoms with Crippen LogP contribution in [-0.2, 0) is 9.47 Å². The van der Waals surface area contributed by atoms with Gasteiger partial charge in [-0.15, -0.1) is 0 Å². The molecule has 0 aliphatic carbocycles. The number of carbonyl (C=O) groups is 1. The van der Waals surface area contributed by atoms with E-state index in [2.05, 4.69) is 0 Å². The van der Waals surface area contributed by atoms with Crippen LogP contribution in [0.4, 0.5) is 0 Å². The smallest absolute Gasteiger partial charge is 0.203 e. The molecule has 1 fully saturated rings. The fourth-order valence-corrected chi connectivity index (χ4v) is 3.77. The summed E-state index contributed by atoms with van der Waals surface area (Å²) in [4.78, 5) is 13.3. The third-order valence-electron chi connectivity index (χ3n) is 5.45. The summed E-state index contributed by atoms with van der Waals surface area (Å²) in [5, 5.41) is 69.2. The fraction of sp³-hybridized carbons (Fsp3) is 0.381. The van der Waals surface area contributed by atoms with E-state index in [-0.39, 0.29) is 22.8 Å². The Morgan fingerprint density at radius 3 is 2.25 bits per heavy atom. The molecular formula is C21H22O11. The minimum Gasteiger partial charge on any atom is -0.508 e. The van der Waals surface area contributed by atoms with Gasteiger partial charge in [-0.25, -0.2) is 0 Å². The van der Waals surface area contributed by atoms with E-state index >= 15 is 0 Å². The van der Waals surface area contributed by atoms with Crippen LogP contribution in [0.25, 0.3) is 0 Å². The molecule has 2 aromatic rings. The highest BCUT2D eigenvalue weighted by atomic mass is 16.7. The van der Waals surface area contributed by atoms with E-state index in [0.29, 0.717) is 5.56 Å². The summed E-state index contributed by atoms with van der Waals surface area (Å²) in [6, 6.07) is 7.72. The lowest BCUT2D eigenvalue weighted by Gasteiger charge is -2.42. The molecule has 0 aromatic heterocycles. The molecule has 7 N–H and O–H groups in total. The molecule has 11 heteroatoms. The Labute approximate surface area is 181 Å². The van der Waals surface area contributed by atoms with Gasteiger partial charge in [0.15, 0.2) is 18.5 Å². The molecule has 0 unspecified atom stereocenters. The first-order valence-electron chi connectivity index (χ1n) is 9.73. The van der Waals surface area contributed by atoms with Crippen molar-refractivity contribution in [2.75, 3.05) is 6.61 Å². The number of ether oxygens (including phenoxy) is 3. The van der Waals surface area contributed by atoms with E-state index in [9.17, 15) is 40.5 Å². The second-order valence-electron chi connectivity index (χ2n) is 7.59. The zero-order chi connectivity index (χ0) is 23.2. The zero-order valence-corrected chi connectivity index (χ0v) is 16.5. The molecule has 2 aliphatic rings. The number of phenolic OH excluding ortho intramolecular Hbond substituents is 3. The summed E-state index contributed by atoms with van der Waals surface area (Å²) in [5.74, 6) is -1.82. The van der Waals surface area contributed by atoms with E-state index in [0.717, 1.165) is 12.1 Å². The van der Waals surface area contributed by atoms with Gasteiger partial charge in [0.05, 0.1) is 6.61 Å². The average Bonchev–Trinajstić information content (AvgIpc) is 2.75. The van der Waals surface area contributed by atoms with Gasteiger partial charge in [-0.2, -0.15) is 0 Å². The molecule has 7 atom stereocenters. The van der Waals surface area contributed by atoms with Crippen molar-refractivity contribution < 1.29 is 54.8 Å². The first-order chi connectivity index (χ1) is 15.2. The van der Waals surface area contributed by atoms with Gasteiger partial charge in [0, 0.05) is 12.1 Å². The second kappa shape index (κ2) is 8.54. The van der Waals surface area contributed by atoms with Gasteiger partial charge in [-0.3, -0.25) is 4.79 Å². The molecule has 0 bridgehead atoms. The normalized spacial score (nSPS) is 32.2. The maximum atomic E-state index is 13.3. The third-order valence-corrected chi connectivity index (χ3v) is 5.45. The number of aromatic hydroxyl groups is 3. The highest BCUT2D eigenvalue weighted by Crippen LogP contribution is 2.43. The quantitative estimate of drug-likeness (QED) is 0.312. The Morgan fingerprint density at radius 2 is 1.59 bits per heavy atom. The summed E-state index contributed by atoms with van der Waals surface area (Å²) in [5.41, 5.74) is 0.103. The van der Waals surface area contributed by atoms with Gasteiger partial charge < -0.3 is 50.0 Å². The van der Waals surface area contributed by atoms with Crippen molar-refractivity contribution in [3.8, 4) is 23.0 Å². The van der Waals surface area contributed by atoms with Crippen LogP contribution >= 0.6 is 0 Å². The van der Waals surface area contributed by atoms with Crippen molar-refractivity contribution in [2.24, 2.45) is 0 Å². The van der Waals surface area contributed by atoms with E-state index < -0.39 is 61.1 Å². The maximum absolute atomic E-state index is 13.3. The Morgan fingerprint density at radius 1 is 0.906 bits per heavy atom. The summed E-state index contributed by atoms with van der Waals surface area (Å²) in [7, 11) is 0. The van der Waals surface area contributed by atoms with Crippen LogP contribution in [0.3, 0.4) is 0 Å². The highest BCUT2D eigenvalue weighted by Gasteiger charge is 2.49. The monoisotopic (exact) mass is 450 g/mol. The number of rotatable bonds is 4. The molecule has 172 valence electrons. The molecule has 11 nitrogen and oxygen atoms in total. The van der Waals surface area contributed by atoms with E-state index in [1.165, 1.54) is 24.3 Å². The molecule has 0 spiro atoms. The molecule has 32 heavy (non-hydrogen) atoms. The number of hydrogen-bond donors (Lipinski definition) is 7. The van der Waals surface area contributed by atoms with E-state index in [1.54, 1.807) is 0 Å². The SMILES string of the molecule is O=C1c2c(O)cc(O)cc2O[C@@H](c2ccc(O)cc2)[C@@H]1O[C@H]1O[C@H](CO)[C@@H](O)[C@H](O)[C@H]1O. The van der Waals surface area contributed by atoms with Gasteiger partial charge in [-0.05, 0) is 17.7 Å². The molecule has 0 saturated carbocycles. The molecule has 4 rings (SSSR count). The lowest BCUT2D eigenvalue weighted by molar-refractivity contribution is -0.311. The molecule has 0 amide bonds. The minimum absolute atomic E-state index is 0.0435. The molecular weight excluding hydrogens is 428 g/mol. The molecule has 2 heterocycles. The van der Waals surface area contributed by atoms with Crippen molar-refractivity contribution in [3.63, 3.8) is 0 Å². The number of aliphatic hydroxyl groups is 4. The average molecular weight is 450 g/mol. The van der Waals surface area contributed by atoms with Crippen LogP contribution in [0.2, 0.25) is 0 Å². The highest BCUT2D eigenvalue weighted by molar-refractivity contribution is 6.05. The van der Waals surface area contributed by atoms with Crippen molar-refractivity contribution in [1.82, 2.24) is 0 Å². The Bertz CT molecular complexity index is 990. The number of fused-ring (bicyclic) bond motifs is 1. The van der Waals surface area contributed by atoms with Crippen LogP contribution in [-0.4, -0.2) is 84.9 Å². The molecule has 2 aliphatic heterocycles. The van der Waals surface area contributed by atoms with Crippen molar-refractivity contribution in [3.05, 3.63) is 47.5 Å². The second-order valence-corrected chi connectivity index (χ2v) is 7.59.